The van der Waals surface area contributed by atoms with Crippen molar-refractivity contribution in [1.29, 1.82) is 0 Å². The number of ether oxygens (including phenoxy) is 1. The van der Waals surface area contributed by atoms with E-state index in [1.54, 1.807) is 19.4 Å². The number of carbonyl (C=O) groups excluding carboxylic acids is 1. The van der Waals surface area contributed by atoms with Crippen LogP contribution in [0, 0.1) is 0 Å². The molecule has 0 aliphatic carbocycles. The third-order valence-corrected chi connectivity index (χ3v) is 5.16. The zero-order valence-corrected chi connectivity index (χ0v) is 11.0. The van der Waals surface area contributed by atoms with E-state index < -0.39 is 0 Å². The van der Waals surface area contributed by atoms with E-state index in [2.05, 4.69) is 10.2 Å². The van der Waals surface area contributed by atoms with Crippen LogP contribution in [0.5, 0.6) is 0 Å². The van der Waals surface area contributed by atoms with Crippen LogP contribution in [0.15, 0.2) is 18.5 Å². The van der Waals surface area contributed by atoms with Crippen molar-refractivity contribution in [3.8, 4) is 0 Å². The van der Waals surface area contributed by atoms with Gasteiger partial charge in [0.1, 0.15) is 0 Å². The Labute approximate surface area is 110 Å². The predicted molar refractivity (Wildman–Crippen MR) is 68.5 cm³/mol. The van der Waals surface area contributed by atoms with Crippen molar-refractivity contribution < 1.29 is 9.53 Å². The minimum atomic E-state index is 0.0528. The number of methoxy groups -OCH3 is 1. The highest BCUT2D eigenvalue weighted by molar-refractivity contribution is 8.01. The number of rotatable bonds is 2. The molecule has 2 aliphatic rings. The average Bonchev–Trinajstić information content (AvgIpc) is 2.82. The molecule has 2 aliphatic heterocycles. The second-order valence-electron chi connectivity index (χ2n) is 4.85. The van der Waals surface area contributed by atoms with Crippen LogP contribution in [-0.2, 0) is 4.74 Å². The van der Waals surface area contributed by atoms with Gasteiger partial charge in [0.25, 0.3) is 5.91 Å². The lowest BCUT2D eigenvalue weighted by Crippen LogP contribution is -2.60. The quantitative estimate of drug-likeness (QED) is 0.792. The van der Waals surface area contributed by atoms with Gasteiger partial charge in [-0.1, -0.05) is 0 Å². The molecule has 6 heteroatoms. The summed E-state index contributed by atoms with van der Waals surface area (Å²) in [6.45, 7) is 1.64. The summed E-state index contributed by atoms with van der Waals surface area (Å²) < 4.78 is 5.61. The van der Waals surface area contributed by atoms with E-state index in [9.17, 15) is 4.79 Å². The highest BCUT2D eigenvalue weighted by atomic mass is 32.2. The summed E-state index contributed by atoms with van der Waals surface area (Å²) in [5.41, 5.74) is 0.617. The van der Waals surface area contributed by atoms with Crippen molar-refractivity contribution in [2.75, 3.05) is 26.0 Å². The van der Waals surface area contributed by atoms with Gasteiger partial charge in [0, 0.05) is 26.0 Å². The molecule has 0 N–H and O–H groups in total. The van der Waals surface area contributed by atoms with Crippen molar-refractivity contribution in [3.63, 3.8) is 0 Å². The van der Waals surface area contributed by atoms with Crippen molar-refractivity contribution in [1.82, 2.24) is 15.1 Å². The molecular weight excluding hydrogens is 250 g/mol. The van der Waals surface area contributed by atoms with Gasteiger partial charge in [-0.05, 0) is 12.5 Å². The van der Waals surface area contributed by atoms with Crippen LogP contribution in [0.1, 0.15) is 16.8 Å². The lowest BCUT2D eigenvalue weighted by atomic mass is 9.92. The maximum atomic E-state index is 12.1. The highest BCUT2D eigenvalue weighted by Gasteiger charge is 2.50. The molecule has 96 valence electrons. The summed E-state index contributed by atoms with van der Waals surface area (Å²) >= 11 is 1.93. The van der Waals surface area contributed by atoms with E-state index in [4.69, 9.17) is 4.74 Å². The van der Waals surface area contributed by atoms with Crippen LogP contribution >= 0.6 is 11.8 Å². The lowest BCUT2D eigenvalue weighted by Gasteiger charge is -2.47. The maximum absolute atomic E-state index is 12.1. The first-order valence-electron chi connectivity index (χ1n) is 5.95. The standard InChI is InChI=1S/C12H15N3O2S/c1-17-10-4-12(18-6-10)7-15(8-12)11(16)9-2-3-13-14-5-9/h2-3,5,10H,4,6-8H2,1H3. The van der Waals surface area contributed by atoms with Crippen LogP contribution in [0.3, 0.4) is 0 Å². The van der Waals surface area contributed by atoms with E-state index in [1.165, 1.54) is 6.20 Å². The van der Waals surface area contributed by atoms with E-state index in [0.717, 1.165) is 25.3 Å². The fraction of sp³-hybridized carbons (Fsp3) is 0.583. The van der Waals surface area contributed by atoms with Gasteiger partial charge in [0.15, 0.2) is 0 Å². The Morgan fingerprint density at radius 3 is 3.00 bits per heavy atom. The number of thioether (sulfide) groups is 1. The third kappa shape index (κ3) is 1.99. The van der Waals surface area contributed by atoms with Crippen LogP contribution in [-0.4, -0.2) is 57.8 Å². The van der Waals surface area contributed by atoms with Crippen molar-refractivity contribution in [2.45, 2.75) is 17.3 Å². The Hall–Kier alpha value is -1.14. The SMILES string of the molecule is COC1CSC2(C1)CN(C(=O)c1ccnnc1)C2. The zero-order chi connectivity index (χ0) is 12.6. The average molecular weight is 265 g/mol. The van der Waals surface area contributed by atoms with Gasteiger partial charge in [-0.15, -0.1) is 11.8 Å². The van der Waals surface area contributed by atoms with Gasteiger partial charge in [0.2, 0.25) is 0 Å². The van der Waals surface area contributed by atoms with Crippen molar-refractivity contribution >= 4 is 17.7 Å². The summed E-state index contributed by atoms with van der Waals surface area (Å²) in [6, 6.07) is 1.71. The number of amides is 1. The third-order valence-electron chi connectivity index (χ3n) is 3.58. The second kappa shape index (κ2) is 4.51. The molecule has 0 bridgehead atoms. The van der Waals surface area contributed by atoms with Gasteiger partial charge in [-0.2, -0.15) is 10.2 Å². The van der Waals surface area contributed by atoms with E-state index in [-0.39, 0.29) is 10.7 Å². The number of likely N-dealkylation sites (tertiary alicyclic amines) is 1. The minimum Gasteiger partial charge on any atom is -0.381 e. The number of hydrogen-bond donors (Lipinski definition) is 0. The lowest BCUT2D eigenvalue weighted by molar-refractivity contribution is 0.0451. The Morgan fingerprint density at radius 2 is 2.39 bits per heavy atom. The summed E-state index contributed by atoms with van der Waals surface area (Å²) in [7, 11) is 1.76. The molecule has 0 aromatic carbocycles. The van der Waals surface area contributed by atoms with Gasteiger partial charge in [-0.25, -0.2) is 0 Å². The number of carbonyl (C=O) groups is 1. The molecule has 1 unspecified atom stereocenters. The fourth-order valence-corrected chi connectivity index (χ4v) is 4.16. The number of hydrogen-bond acceptors (Lipinski definition) is 5. The number of nitrogens with zero attached hydrogens (tertiary/aromatic N) is 3. The molecule has 18 heavy (non-hydrogen) atoms. The molecule has 3 heterocycles. The summed E-state index contributed by atoms with van der Waals surface area (Å²) in [5, 5.41) is 7.42. The second-order valence-corrected chi connectivity index (χ2v) is 6.34. The van der Waals surface area contributed by atoms with Gasteiger partial charge < -0.3 is 9.64 Å². The molecule has 3 rings (SSSR count). The Kier molecular flexibility index (Phi) is 2.99. The molecule has 0 radical (unpaired) electrons. The van der Waals surface area contributed by atoms with Crippen LogP contribution < -0.4 is 0 Å². The topological polar surface area (TPSA) is 55.3 Å². The van der Waals surface area contributed by atoms with E-state index in [0.29, 0.717) is 11.7 Å². The summed E-state index contributed by atoms with van der Waals surface area (Å²) in [5.74, 6) is 1.09. The molecule has 1 aromatic rings. The summed E-state index contributed by atoms with van der Waals surface area (Å²) in [6.07, 6.45) is 4.46. The number of aromatic nitrogens is 2. The first kappa shape index (κ1) is 11.9. The largest absolute Gasteiger partial charge is 0.381 e. The van der Waals surface area contributed by atoms with Gasteiger partial charge in [0.05, 0.1) is 28.8 Å². The molecular formula is C12H15N3O2S. The molecule has 5 nitrogen and oxygen atoms in total. The Balaban J connectivity index is 1.61. The predicted octanol–water partition coefficient (Wildman–Crippen LogP) is 0.823. The van der Waals surface area contributed by atoms with E-state index >= 15 is 0 Å². The zero-order valence-electron chi connectivity index (χ0n) is 10.2. The maximum Gasteiger partial charge on any atom is 0.255 e. The molecule has 2 fully saturated rings. The fourth-order valence-electron chi connectivity index (χ4n) is 2.57. The monoisotopic (exact) mass is 265 g/mol. The highest BCUT2D eigenvalue weighted by Crippen LogP contribution is 2.46. The van der Waals surface area contributed by atoms with Crippen molar-refractivity contribution in [3.05, 3.63) is 24.0 Å². The molecule has 1 spiro atoms. The molecule has 1 aromatic heterocycles. The Morgan fingerprint density at radius 1 is 1.56 bits per heavy atom. The molecule has 1 amide bonds. The summed E-state index contributed by atoms with van der Waals surface area (Å²) in [4.78, 5) is 14.0. The van der Waals surface area contributed by atoms with Gasteiger partial charge >= 0.3 is 0 Å². The van der Waals surface area contributed by atoms with Crippen molar-refractivity contribution in [2.24, 2.45) is 0 Å². The minimum absolute atomic E-state index is 0.0528. The van der Waals surface area contributed by atoms with Crippen LogP contribution in [0.2, 0.25) is 0 Å². The molecule has 0 saturated carbocycles. The first-order valence-corrected chi connectivity index (χ1v) is 6.94. The first-order chi connectivity index (χ1) is 8.72. The van der Waals surface area contributed by atoms with Gasteiger partial charge in [-0.3, -0.25) is 4.79 Å². The van der Waals surface area contributed by atoms with Crippen LogP contribution in [0.4, 0.5) is 0 Å². The molecule has 2 saturated heterocycles. The Bertz CT molecular complexity index is 448. The van der Waals surface area contributed by atoms with Crippen LogP contribution in [0.25, 0.3) is 0 Å². The smallest absolute Gasteiger partial charge is 0.255 e. The van der Waals surface area contributed by atoms with E-state index in [1.807, 2.05) is 16.7 Å². The molecule has 1 atom stereocenters. The normalized spacial score (nSPS) is 25.2.